The molecule has 0 saturated heterocycles. The summed E-state index contributed by atoms with van der Waals surface area (Å²) in [6, 6.07) is 5.41. The van der Waals surface area contributed by atoms with Crippen molar-refractivity contribution in [1.82, 2.24) is 5.32 Å². The van der Waals surface area contributed by atoms with Gasteiger partial charge in [-0.3, -0.25) is 4.79 Å². The van der Waals surface area contributed by atoms with Crippen LogP contribution >= 0.6 is 23.2 Å². The molecule has 0 bridgehead atoms. The molecule has 0 aliphatic heterocycles. The van der Waals surface area contributed by atoms with Gasteiger partial charge in [-0.05, 0) is 37.0 Å². The van der Waals surface area contributed by atoms with E-state index in [-0.39, 0.29) is 5.91 Å². The second-order valence-corrected chi connectivity index (χ2v) is 6.24. The van der Waals surface area contributed by atoms with Gasteiger partial charge in [0.05, 0.1) is 5.54 Å². The van der Waals surface area contributed by atoms with E-state index in [1.165, 1.54) is 6.42 Å². The Bertz CT molecular complexity index is 465. The van der Waals surface area contributed by atoms with Crippen LogP contribution in [0.3, 0.4) is 0 Å². The van der Waals surface area contributed by atoms with Crippen LogP contribution in [0.5, 0.6) is 0 Å². The fourth-order valence-electron chi connectivity index (χ4n) is 2.66. The number of nitrogens with one attached hydrogen (secondary N) is 1. The lowest BCUT2D eigenvalue weighted by atomic mass is 9.82. The molecule has 3 nitrogen and oxygen atoms in total. The summed E-state index contributed by atoms with van der Waals surface area (Å²) in [7, 11) is 0. The van der Waals surface area contributed by atoms with Crippen LogP contribution < -0.4 is 11.1 Å². The summed E-state index contributed by atoms with van der Waals surface area (Å²) in [6.07, 6.45) is 5.37. The molecule has 1 aromatic carbocycles. The molecule has 110 valence electrons. The molecule has 1 aliphatic carbocycles. The van der Waals surface area contributed by atoms with Crippen molar-refractivity contribution in [3.63, 3.8) is 0 Å². The summed E-state index contributed by atoms with van der Waals surface area (Å²) in [5.74, 6) is -0.0552. The van der Waals surface area contributed by atoms with Gasteiger partial charge in [0.25, 0.3) is 0 Å². The van der Waals surface area contributed by atoms with Crippen LogP contribution in [0.1, 0.15) is 37.7 Å². The fraction of sp³-hybridized carbons (Fsp3) is 0.533. The van der Waals surface area contributed by atoms with Gasteiger partial charge in [-0.25, -0.2) is 0 Å². The highest BCUT2D eigenvalue weighted by Gasteiger charge is 2.34. The van der Waals surface area contributed by atoms with Crippen molar-refractivity contribution < 1.29 is 4.79 Å². The van der Waals surface area contributed by atoms with Gasteiger partial charge >= 0.3 is 0 Å². The number of benzene rings is 1. The van der Waals surface area contributed by atoms with E-state index in [0.717, 1.165) is 31.2 Å². The Morgan fingerprint density at radius 3 is 2.40 bits per heavy atom. The van der Waals surface area contributed by atoms with Crippen molar-refractivity contribution in [3.05, 3.63) is 33.8 Å². The fourth-order valence-corrected chi connectivity index (χ4v) is 3.24. The van der Waals surface area contributed by atoms with Crippen molar-refractivity contribution in [2.75, 3.05) is 6.54 Å². The summed E-state index contributed by atoms with van der Waals surface area (Å²) >= 11 is 12.2. The highest BCUT2D eigenvalue weighted by Crippen LogP contribution is 2.26. The van der Waals surface area contributed by atoms with E-state index >= 15 is 0 Å². The minimum atomic E-state index is -0.692. The van der Waals surface area contributed by atoms with E-state index in [4.69, 9.17) is 28.9 Å². The predicted molar refractivity (Wildman–Crippen MR) is 83.2 cm³/mol. The number of amides is 1. The van der Waals surface area contributed by atoms with E-state index in [2.05, 4.69) is 5.32 Å². The summed E-state index contributed by atoms with van der Waals surface area (Å²) in [6.45, 7) is 0.501. The molecule has 0 spiro atoms. The van der Waals surface area contributed by atoms with Crippen LogP contribution in [-0.4, -0.2) is 18.0 Å². The number of carbonyl (C=O) groups excluding carboxylic acids is 1. The first-order chi connectivity index (χ1) is 9.53. The lowest BCUT2D eigenvalue weighted by Gasteiger charge is -2.31. The Balaban J connectivity index is 1.88. The molecule has 0 atom stereocenters. The largest absolute Gasteiger partial charge is 0.354 e. The van der Waals surface area contributed by atoms with E-state index in [9.17, 15) is 4.79 Å². The second kappa shape index (κ2) is 6.79. The van der Waals surface area contributed by atoms with Crippen molar-refractivity contribution in [2.24, 2.45) is 5.73 Å². The van der Waals surface area contributed by atoms with Crippen LogP contribution in [-0.2, 0) is 11.2 Å². The highest BCUT2D eigenvalue weighted by atomic mass is 35.5. The standard InChI is InChI=1S/C15H20Cl2N2O/c16-12-5-4-6-13(17)11(12)7-10-19-14(20)15(18)8-2-1-3-9-15/h4-6H,1-3,7-10,18H2,(H,19,20). The molecule has 0 aromatic heterocycles. The molecule has 1 amide bonds. The van der Waals surface area contributed by atoms with Crippen LogP contribution in [0.15, 0.2) is 18.2 Å². The molecular weight excluding hydrogens is 295 g/mol. The molecule has 0 unspecified atom stereocenters. The quantitative estimate of drug-likeness (QED) is 0.895. The van der Waals surface area contributed by atoms with Gasteiger partial charge in [-0.2, -0.15) is 0 Å². The Labute approximate surface area is 129 Å². The first-order valence-corrected chi connectivity index (χ1v) is 7.78. The number of carbonyl (C=O) groups is 1. The molecule has 1 aliphatic rings. The van der Waals surface area contributed by atoms with Crippen molar-refractivity contribution in [2.45, 2.75) is 44.1 Å². The number of halogens is 2. The zero-order valence-corrected chi connectivity index (χ0v) is 12.9. The molecule has 5 heteroatoms. The average Bonchev–Trinajstić information content (AvgIpc) is 2.42. The molecule has 1 fully saturated rings. The van der Waals surface area contributed by atoms with Gasteiger partial charge < -0.3 is 11.1 Å². The van der Waals surface area contributed by atoms with Crippen LogP contribution in [0.4, 0.5) is 0 Å². The van der Waals surface area contributed by atoms with E-state index in [1.807, 2.05) is 6.07 Å². The Morgan fingerprint density at radius 2 is 1.80 bits per heavy atom. The van der Waals surface area contributed by atoms with Crippen LogP contribution in [0, 0.1) is 0 Å². The topological polar surface area (TPSA) is 55.1 Å². The van der Waals surface area contributed by atoms with Crippen LogP contribution in [0.25, 0.3) is 0 Å². The number of hydrogen-bond acceptors (Lipinski definition) is 2. The Kier molecular flexibility index (Phi) is 5.30. The normalized spacial score (nSPS) is 17.8. The minimum absolute atomic E-state index is 0.0552. The SMILES string of the molecule is NC1(C(=O)NCCc2c(Cl)cccc2Cl)CCCCC1. The summed E-state index contributed by atoms with van der Waals surface area (Å²) in [5, 5.41) is 4.18. The van der Waals surface area contributed by atoms with Crippen molar-refractivity contribution in [3.8, 4) is 0 Å². The highest BCUT2D eigenvalue weighted by molar-refractivity contribution is 6.35. The lowest BCUT2D eigenvalue weighted by molar-refractivity contribution is -0.127. The molecule has 3 N–H and O–H groups in total. The molecule has 0 radical (unpaired) electrons. The minimum Gasteiger partial charge on any atom is -0.354 e. The monoisotopic (exact) mass is 314 g/mol. The summed E-state index contributed by atoms with van der Waals surface area (Å²) in [4.78, 5) is 12.2. The van der Waals surface area contributed by atoms with Crippen molar-refractivity contribution >= 4 is 29.1 Å². The molecule has 20 heavy (non-hydrogen) atoms. The molecule has 0 heterocycles. The average molecular weight is 315 g/mol. The third-order valence-electron chi connectivity index (χ3n) is 3.92. The third-order valence-corrected chi connectivity index (χ3v) is 4.63. The van der Waals surface area contributed by atoms with Gasteiger partial charge in [0.2, 0.25) is 5.91 Å². The summed E-state index contributed by atoms with van der Waals surface area (Å²) in [5.41, 5.74) is 6.35. The third kappa shape index (κ3) is 3.66. The molecule has 1 aromatic rings. The van der Waals surface area contributed by atoms with Crippen molar-refractivity contribution in [1.29, 1.82) is 0 Å². The first-order valence-electron chi connectivity index (χ1n) is 7.03. The second-order valence-electron chi connectivity index (χ2n) is 5.42. The number of nitrogens with two attached hydrogens (primary N) is 1. The maximum Gasteiger partial charge on any atom is 0.240 e. The lowest BCUT2D eigenvalue weighted by Crippen LogP contribution is -2.55. The van der Waals surface area contributed by atoms with Crippen LogP contribution in [0.2, 0.25) is 10.0 Å². The van der Waals surface area contributed by atoms with Gasteiger partial charge in [-0.15, -0.1) is 0 Å². The maximum atomic E-state index is 12.2. The predicted octanol–water partition coefficient (Wildman–Crippen LogP) is 3.31. The van der Waals surface area contributed by atoms with Gasteiger partial charge in [0.1, 0.15) is 0 Å². The van der Waals surface area contributed by atoms with Gasteiger partial charge in [0, 0.05) is 16.6 Å². The first kappa shape index (κ1) is 15.6. The number of hydrogen-bond donors (Lipinski definition) is 2. The summed E-state index contributed by atoms with van der Waals surface area (Å²) < 4.78 is 0. The van der Waals surface area contributed by atoms with E-state index < -0.39 is 5.54 Å². The maximum absolute atomic E-state index is 12.2. The molecule has 2 rings (SSSR count). The van der Waals surface area contributed by atoms with Gasteiger partial charge in [-0.1, -0.05) is 48.5 Å². The molecular formula is C15H20Cl2N2O. The number of rotatable bonds is 4. The zero-order chi connectivity index (χ0) is 14.6. The zero-order valence-electron chi connectivity index (χ0n) is 11.4. The van der Waals surface area contributed by atoms with Gasteiger partial charge in [0.15, 0.2) is 0 Å². The molecule has 1 saturated carbocycles. The van der Waals surface area contributed by atoms with E-state index in [0.29, 0.717) is 23.0 Å². The van der Waals surface area contributed by atoms with E-state index in [1.54, 1.807) is 12.1 Å². The Morgan fingerprint density at radius 1 is 1.20 bits per heavy atom. The Hall–Kier alpha value is -0.770. The smallest absolute Gasteiger partial charge is 0.240 e.